The van der Waals surface area contributed by atoms with E-state index in [-0.39, 0.29) is 5.60 Å². The molecule has 200 valence electrons. The summed E-state index contributed by atoms with van der Waals surface area (Å²) in [4.78, 5) is 0. The number of hydrogen-bond donors (Lipinski definition) is 0. The highest BCUT2D eigenvalue weighted by Crippen LogP contribution is 2.30. The first-order chi connectivity index (χ1) is 15.7. The molecule has 0 aromatic rings. The molecule has 0 bridgehead atoms. The molecule has 0 unspecified atom stereocenters. The highest BCUT2D eigenvalue weighted by molar-refractivity contribution is 6.67. The van der Waals surface area contributed by atoms with E-state index in [0.717, 1.165) is 56.3 Å². The topological polar surface area (TPSA) is 83.1 Å². The summed E-state index contributed by atoms with van der Waals surface area (Å²) in [6, 6.07) is 3.31. The van der Waals surface area contributed by atoms with Gasteiger partial charge in [-0.1, -0.05) is 6.92 Å². The van der Waals surface area contributed by atoms with Crippen molar-refractivity contribution in [3.63, 3.8) is 0 Å². The fraction of sp³-hybridized carbons (Fsp3) is 1.00. The minimum absolute atomic E-state index is 0.304. The lowest BCUT2D eigenvalue weighted by Crippen LogP contribution is -2.44. The van der Waals surface area contributed by atoms with Gasteiger partial charge in [0.15, 0.2) is 0 Å². The predicted octanol–water partition coefficient (Wildman–Crippen LogP) is 4.22. The summed E-state index contributed by atoms with van der Waals surface area (Å²) in [5, 5.41) is 0. The SMILES string of the molecule is CC[Si](CCCOC(C)(CCC[Si](OC)(OC)OC)CCC[Si](OC)(OC)OC)(OC)OC. The molecule has 0 amide bonds. The van der Waals surface area contributed by atoms with E-state index in [1.54, 1.807) is 56.9 Å². The summed E-state index contributed by atoms with van der Waals surface area (Å²) in [6.45, 7) is 4.95. The first-order valence-corrected chi connectivity index (χ1v) is 17.8. The van der Waals surface area contributed by atoms with E-state index >= 15 is 0 Å². The molecule has 33 heavy (non-hydrogen) atoms. The third-order valence-electron chi connectivity index (χ3n) is 6.68. The van der Waals surface area contributed by atoms with Crippen molar-refractivity contribution in [2.75, 3.05) is 63.5 Å². The Hall–Kier alpha value is 0.291. The van der Waals surface area contributed by atoms with E-state index in [2.05, 4.69) is 13.8 Å². The summed E-state index contributed by atoms with van der Waals surface area (Å²) < 4.78 is 51.4. The Morgan fingerprint density at radius 3 is 1.24 bits per heavy atom. The molecule has 0 atom stereocenters. The second-order valence-electron chi connectivity index (χ2n) is 8.37. The van der Waals surface area contributed by atoms with Gasteiger partial charge in [-0.15, -0.1) is 0 Å². The first-order valence-electron chi connectivity index (χ1n) is 11.7. The highest BCUT2D eigenvalue weighted by atomic mass is 28.4. The lowest BCUT2D eigenvalue weighted by molar-refractivity contribution is -0.0460. The summed E-state index contributed by atoms with van der Waals surface area (Å²) in [7, 11) is 6.05. The van der Waals surface area contributed by atoms with Gasteiger partial charge in [-0.3, -0.25) is 0 Å². The van der Waals surface area contributed by atoms with Crippen LogP contribution in [0, 0.1) is 0 Å². The number of ether oxygens (including phenoxy) is 1. The van der Waals surface area contributed by atoms with Crippen LogP contribution in [-0.2, 0) is 40.1 Å². The summed E-state index contributed by atoms with van der Waals surface area (Å²) in [5.41, 5.74) is -0.304. The van der Waals surface area contributed by atoms with E-state index in [1.165, 1.54) is 0 Å². The van der Waals surface area contributed by atoms with Crippen LogP contribution in [-0.4, -0.2) is 95.3 Å². The van der Waals surface area contributed by atoms with Gasteiger partial charge in [-0.05, 0) is 51.1 Å². The molecule has 12 heteroatoms. The number of hydrogen-bond acceptors (Lipinski definition) is 9. The van der Waals surface area contributed by atoms with Crippen LogP contribution in [0.25, 0.3) is 0 Å². The minimum Gasteiger partial charge on any atom is -0.398 e. The standard InChI is InChI=1S/C21H50O9Si3/c1-11-31(22-3,23-4)18-14-17-30-21(2,15-12-19-32(24-5,25-6)26-7)16-13-20-33(27-8,28-9)29-10/h11-20H2,1-10H3. The van der Waals surface area contributed by atoms with Gasteiger partial charge in [0.05, 0.1) is 5.60 Å². The van der Waals surface area contributed by atoms with E-state index in [0.29, 0.717) is 6.61 Å². The van der Waals surface area contributed by atoms with E-state index in [4.69, 9.17) is 40.1 Å². The maximum absolute atomic E-state index is 6.49. The van der Waals surface area contributed by atoms with Crippen LogP contribution in [0.15, 0.2) is 0 Å². The Morgan fingerprint density at radius 2 is 0.939 bits per heavy atom. The highest BCUT2D eigenvalue weighted by Gasteiger charge is 2.40. The molecule has 0 saturated heterocycles. The van der Waals surface area contributed by atoms with Crippen molar-refractivity contribution in [3.8, 4) is 0 Å². The van der Waals surface area contributed by atoms with Crippen molar-refractivity contribution in [2.24, 2.45) is 0 Å². The van der Waals surface area contributed by atoms with Crippen molar-refractivity contribution in [1.29, 1.82) is 0 Å². The zero-order chi connectivity index (χ0) is 25.4. The van der Waals surface area contributed by atoms with E-state index < -0.39 is 26.2 Å². The van der Waals surface area contributed by atoms with Crippen LogP contribution < -0.4 is 0 Å². The van der Waals surface area contributed by atoms with Crippen molar-refractivity contribution in [3.05, 3.63) is 0 Å². The van der Waals surface area contributed by atoms with Gasteiger partial charge in [0.1, 0.15) is 0 Å². The molecular weight excluding hydrogens is 480 g/mol. The maximum Gasteiger partial charge on any atom is 0.500 e. The molecule has 0 aliphatic heterocycles. The fourth-order valence-corrected chi connectivity index (χ4v) is 9.79. The summed E-state index contributed by atoms with van der Waals surface area (Å²) in [5.74, 6) is 0. The van der Waals surface area contributed by atoms with Crippen LogP contribution >= 0.6 is 0 Å². The Balaban J connectivity index is 5.09. The zero-order valence-electron chi connectivity index (χ0n) is 22.7. The van der Waals surface area contributed by atoms with Crippen LogP contribution in [0.4, 0.5) is 0 Å². The molecule has 0 radical (unpaired) electrons. The smallest absolute Gasteiger partial charge is 0.398 e. The van der Waals surface area contributed by atoms with Crippen molar-refractivity contribution in [2.45, 2.75) is 75.7 Å². The van der Waals surface area contributed by atoms with Gasteiger partial charge >= 0.3 is 26.2 Å². The lowest BCUT2D eigenvalue weighted by atomic mass is 9.94. The second kappa shape index (κ2) is 16.9. The lowest BCUT2D eigenvalue weighted by Gasteiger charge is -2.33. The Labute approximate surface area is 205 Å². The summed E-state index contributed by atoms with van der Waals surface area (Å²) in [6.07, 6.45) is 4.39. The Morgan fingerprint density at radius 1 is 0.545 bits per heavy atom. The zero-order valence-corrected chi connectivity index (χ0v) is 25.7. The quantitative estimate of drug-likeness (QED) is 0.151. The average Bonchev–Trinajstić information content (AvgIpc) is 2.86. The van der Waals surface area contributed by atoms with Crippen molar-refractivity contribution in [1.82, 2.24) is 0 Å². The van der Waals surface area contributed by atoms with Crippen LogP contribution in [0.3, 0.4) is 0 Å². The molecule has 0 N–H and O–H groups in total. The molecule has 9 nitrogen and oxygen atoms in total. The third kappa shape index (κ3) is 10.8. The second-order valence-corrected chi connectivity index (χ2v) is 18.4. The average molecular weight is 531 g/mol. The molecule has 0 aromatic heterocycles. The molecule has 0 aliphatic carbocycles. The Bertz CT molecular complexity index is 437. The summed E-state index contributed by atoms with van der Waals surface area (Å²) >= 11 is 0. The molecule has 0 saturated carbocycles. The molecule has 0 spiro atoms. The van der Waals surface area contributed by atoms with Gasteiger partial charge in [-0.2, -0.15) is 0 Å². The third-order valence-corrected chi connectivity index (χ3v) is 16.0. The van der Waals surface area contributed by atoms with Crippen molar-refractivity contribution >= 4 is 26.2 Å². The van der Waals surface area contributed by atoms with Gasteiger partial charge in [0.25, 0.3) is 0 Å². The normalized spacial score (nSPS) is 13.6. The number of rotatable bonds is 22. The molecular formula is C21H50O9Si3. The van der Waals surface area contributed by atoms with Crippen LogP contribution in [0.5, 0.6) is 0 Å². The van der Waals surface area contributed by atoms with Gasteiger partial charge in [0.2, 0.25) is 0 Å². The molecule has 0 fully saturated rings. The van der Waals surface area contributed by atoms with Gasteiger partial charge in [0, 0.05) is 75.6 Å². The molecule has 0 heterocycles. The van der Waals surface area contributed by atoms with Gasteiger partial charge < -0.3 is 40.1 Å². The molecule has 0 aromatic carbocycles. The largest absolute Gasteiger partial charge is 0.500 e. The molecule has 0 rings (SSSR count). The van der Waals surface area contributed by atoms with E-state index in [9.17, 15) is 0 Å². The first kappa shape index (κ1) is 33.3. The monoisotopic (exact) mass is 530 g/mol. The van der Waals surface area contributed by atoms with Crippen molar-refractivity contribution < 1.29 is 40.1 Å². The molecule has 0 aliphatic rings. The maximum atomic E-state index is 6.49. The van der Waals surface area contributed by atoms with E-state index in [1.807, 2.05) is 0 Å². The fourth-order valence-electron chi connectivity index (χ4n) is 4.15. The predicted molar refractivity (Wildman–Crippen MR) is 136 cm³/mol. The van der Waals surface area contributed by atoms with Gasteiger partial charge in [-0.25, -0.2) is 0 Å². The van der Waals surface area contributed by atoms with Crippen LogP contribution in [0.1, 0.15) is 46.0 Å². The van der Waals surface area contributed by atoms with Crippen LogP contribution in [0.2, 0.25) is 24.2 Å². The Kier molecular flexibility index (Phi) is 17.0. The minimum atomic E-state index is -2.61.